The molecule has 0 spiro atoms. The summed E-state index contributed by atoms with van der Waals surface area (Å²) in [5.74, 6) is 2.64. The highest BCUT2D eigenvalue weighted by Gasteiger charge is 2.63. The Morgan fingerprint density at radius 1 is 1.11 bits per heavy atom. The Morgan fingerprint density at radius 3 is 2.50 bits per heavy atom. The van der Waals surface area contributed by atoms with Crippen molar-refractivity contribution >= 4 is 23.0 Å². The van der Waals surface area contributed by atoms with Gasteiger partial charge in [0, 0.05) is 5.92 Å². The van der Waals surface area contributed by atoms with Crippen LogP contribution in [0.25, 0.3) is 0 Å². The predicted octanol–water partition coefficient (Wildman–Crippen LogP) is 5.28. The zero-order valence-corrected chi connectivity index (χ0v) is 18.6. The van der Waals surface area contributed by atoms with Gasteiger partial charge < -0.3 is 5.73 Å². The first kappa shape index (κ1) is 20.3. The van der Waals surface area contributed by atoms with Gasteiger partial charge in [-0.1, -0.05) is 38.9 Å². The zero-order chi connectivity index (χ0) is 20.3. The first-order valence-corrected chi connectivity index (χ1v) is 11.8. The molecule has 3 nitrogen and oxygen atoms in total. The number of Topliss-reactive ketones (excluding diaryl/α,β-unsaturated/α-hetero) is 1. The van der Waals surface area contributed by atoms with Gasteiger partial charge in [0.25, 0.3) is 0 Å². The third-order valence-corrected chi connectivity index (χ3v) is 10.3. The summed E-state index contributed by atoms with van der Waals surface area (Å²) in [7, 11) is 0. The second kappa shape index (κ2) is 7.08. The number of thiocarbonyl (C=S) groups is 1. The summed E-state index contributed by atoms with van der Waals surface area (Å²) in [6, 6.07) is 2.36. The lowest BCUT2D eigenvalue weighted by Gasteiger charge is -2.60. The molecule has 4 aliphatic carbocycles. The quantitative estimate of drug-likeness (QED) is 0.655. The fourth-order valence-corrected chi connectivity index (χ4v) is 9.08. The molecular weight excluding hydrogens is 364 g/mol. The fraction of sp³-hybridized carbons (Fsp3) is 0.875. The van der Waals surface area contributed by atoms with Crippen molar-refractivity contribution in [1.29, 1.82) is 5.26 Å². The van der Waals surface area contributed by atoms with Crippen LogP contribution in [0, 0.1) is 63.6 Å². The first-order valence-electron chi connectivity index (χ1n) is 11.4. The highest BCUT2D eigenvalue weighted by molar-refractivity contribution is 7.80. The number of ketones is 1. The van der Waals surface area contributed by atoms with Gasteiger partial charge in [-0.2, -0.15) is 5.26 Å². The molecule has 0 heterocycles. The zero-order valence-electron chi connectivity index (χ0n) is 17.7. The van der Waals surface area contributed by atoms with Gasteiger partial charge in [0.15, 0.2) is 0 Å². The number of nitrogens with zero attached hydrogens (tertiary/aromatic N) is 1. The van der Waals surface area contributed by atoms with Gasteiger partial charge in [0.2, 0.25) is 0 Å². The molecule has 0 radical (unpaired) electrons. The van der Waals surface area contributed by atoms with E-state index >= 15 is 0 Å². The van der Waals surface area contributed by atoms with Crippen LogP contribution in [-0.2, 0) is 4.79 Å². The van der Waals surface area contributed by atoms with Crippen molar-refractivity contribution in [2.24, 2.45) is 58.0 Å². The first-order chi connectivity index (χ1) is 13.2. The summed E-state index contributed by atoms with van der Waals surface area (Å²) in [5, 5.41) is 9.77. The molecule has 0 amide bonds. The topological polar surface area (TPSA) is 66.9 Å². The number of hydrogen-bond acceptors (Lipinski definition) is 3. The Balaban J connectivity index is 1.69. The molecule has 0 aromatic heterocycles. The van der Waals surface area contributed by atoms with Crippen LogP contribution in [0.3, 0.4) is 0 Å². The highest BCUT2D eigenvalue weighted by atomic mass is 32.1. The molecular formula is C24H36N2OS. The summed E-state index contributed by atoms with van der Waals surface area (Å²) in [6.45, 7) is 6.66. The maximum atomic E-state index is 12.8. The Labute approximate surface area is 175 Å². The standard InChI is InChI=1S/C24H36N2OS/c1-14(27)21-17(18(13-25)22(26)28)12-20-16-8-7-15-6-4-5-10-23(15,2)19(16)9-11-24(20,21)3/h15-21H,4-12H2,1-3H3,(H2,26,28)/t15-,16+,17-,18+,19-,20-,21-,23-,24-/m0/s1. The molecule has 4 heteroatoms. The van der Waals surface area contributed by atoms with E-state index in [-0.39, 0.29) is 28.0 Å². The molecule has 154 valence electrons. The fourth-order valence-electron chi connectivity index (χ4n) is 8.86. The van der Waals surface area contributed by atoms with Crippen LogP contribution in [0.4, 0.5) is 0 Å². The minimum atomic E-state index is -0.466. The van der Waals surface area contributed by atoms with Crippen LogP contribution in [0.1, 0.15) is 78.6 Å². The van der Waals surface area contributed by atoms with Crippen molar-refractivity contribution in [2.75, 3.05) is 0 Å². The van der Waals surface area contributed by atoms with E-state index in [1.54, 1.807) is 6.92 Å². The number of carbonyl (C=O) groups is 1. The molecule has 4 saturated carbocycles. The Kier molecular flexibility index (Phi) is 5.14. The molecule has 4 fully saturated rings. The van der Waals surface area contributed by atoms with E-state index in [0.29, 0.717) is 17.3 Å². The lowest BCUT2D eigenvalue weighted by Crippen LogP contribution is -2.53. The molecule has 0 unspecified atom stereocenters. The molecule has 0 bridgehead atoms. The van der Waals surface area contributed by atoms with Crippen LogP contribution in [0.5, 0.6) is 0 Å². The van der Waals surface area contributed by atoms with Gasteiger partial charge in [-0.15, -0.1) is 0 Å². The monoisotopic (exact) mass is 400 g/mol. The van der Waals surface area contributed by atoms with Gasteiger partial charge in [-0.05, 0) is 92.3 Å². The molecule has 4 rings (SSSR count). The van der Waals surface area contributed by atoms with Gasteiger partial charge in [0.05, 0.1) is 17.0 Å². The maximum absolute atomic E-state index is 12.8. The maximum Gasteiger partial charge on any atom is 0.133 e. The summed E-state index contributed by atoms with van der Waals surface area (Å²) in [6.07, 6.45) is 11.6. The number of nitrogens with two attached hydrogens (primary N) is 1. The Bertz CT molecular complexity index is 714. The van der Waals surface area contributed by atoms with E-state index in [0.717, 1.165) is 24.7 Å². The minimum Gasteiger partial charge on any atom is -0.392 e. The minimum absolute atomic E-state index is 0.00522. The number of hydrogen-bond donors (Lipinski definition) is 1. The van der Waals surface area contributed by atoms with E-state index in [9.17, 15) is 10.1 Å². The van der Waals surface area contributed by atoms with Crippen molar-refractivity contribution in [3.8, 4) is 6.07 Å². The molecule has 0 aliphatic heterocycles. The van der Waals surface area contributed by atoms with Crippen LogP contribution in [0.2, 0.25) is 0 Å². The Morgan fingerprint density at radius 2 is 1.86 bits per heavy atom. The average Bonchev–Trinajstić information content (AvgIpc) is 2.94. The number of carbonyl (C=O) groups excluding carboxylic acids is 1. The molecule has 0 aromatic rings. The summed E-state index contributed by atoms with van der Waals surface area (Å²) in [4.78, 5) is 13.1. The van der Waals surface area contributed by atoms with E-state index in [1.165, 1.54) is 44.9 Å². The third-order valence-electron chi connectivity index (χ3n) is 10.00. The van der Waals surface area contributed by atoms with E-state index < -0.39 is 5.92 Å². The van der Waals surface area contributed by atoms with Crippen molar-refractivity contribution < 1.29 is 4.79 Å². The molecule has 4 aliphatic rings. The average molecular weight is 401 g/mol. The lowest BCUT2D eigenvalue weighted by atomic mass is 9.45. The highest BCUT2D eigenvalue weighted by Crippen LogP contribution is 2.69. The largest absolute Gasteiger partial charge is 0.392 e. The van der Waals surface area contributed by atoms with E-state index in [1.807, 2.05) is 0 Å². The summed E-state index contributed by atoms with van der Waals surface area (Å²) in [5.41, 5.74) is 6.46. The number of nitriles is 1. The second-order valence-electron chi connectivity index (χ2n) is 10.9. The third kappa shape index (κ3) is 2.79. The number of rotatable bonds is 3. The van der Waals surface area contributed by atoms with Crippen molar-refractivity contribution in [2.45, 2.75) is 78.6 Å². The van der Waals surface area contributed by atoms with Crippen molar-refractivity contribution in [1.82, 2.24) is 0 Å². The molecule has 9 atom stereocenters. The normalized spacial score (nSPS) is 48.5. The molecule has 28 heavy (non-hydrogen) atoms. The number of fused-ring (bicyclic) bond motifs is 5. The molecule has 0 saturated heterocycles. The van der Waals surface area contributed by atoms with E-state index in [2.05, 4.69) is 19.9 Å². The van der Waals surface area contributed by atoms with Gasteiger partial charge in [0.1, 0.15) is 5.78 Å². The smallest absolute Gasteiger partial charge is 0.133 e. The molecule has 0 aromatic carbocycles. The second-order valence-corrected chi connectivity index (χ2v) is 11.4. The van der Waals surface area contributed by atoms with Crippen LogP contribution in [-0.4, -0.2) is 10.8 Å². The van der Waals surface area contributed by atoms with E-state index in [4.69, 9.17) is 18.0 Å². The van der Waals surface area contributed by atoms with Crippen LogP contribution in [0.15, 0.2) is 0 Å². The van der Waals surface area contributed by atoms with Gasteiger partial charge >= 0.3 is 0 Å². The van der Waals surface area contributed by atoms with Crippen LogP contribution >= 0.6 is 12.2 Å². The Hall–Kier alpha value is -0.950. The SMILES string of the molecule is CC(=O)[C@H]1[C@H]([C@@H](C#N)C(N)=S)C[C@H]2[C@@H]3CC[C@@H]4CCCC[C@]4(C)[C@H]3CC[C@@]21C. The summed E-state index contributed by atoms with van der Waals surface area (Å²) >= 11 is 5.25. The van der Waals surface area contributed by atoms with Crippen molar-refractivity contribution in [3.63, 3.8) is 0 Å². The summed E-state index contributed by atoms with van der Waals surface area (Å²) < 4.78 is 0. The van der Waals surface area contributed by atoms with Crippen molar-refractivity contribution in [3.05, 3.63) is 0 Å². The van der Waals surface area contributed by atoms with Gasteiger partial charge in [-0.3, -0.25) is 4.79 Å². The van der Waals surface area contributed by atoms with Gasteiger partial charge in [-0.25, -0.2) is 0 Å². The molecule has 2 N–H and O–H groups in total. The van der Waals surface area contributed by atoms with Crippen LogP contribution < -0.4 is 5.73 Å². The predicted molar refractivity (Wildman–Crippen MR) is 115 cm³/mol. The lowest BCUT2D eigenvalue weighted by molar-refractivity contribution is -0.134.